The highest BCUT2D eigenvalue weighted by molar-refractivity contribution is 5.95. The number of nitrogens with zero attached hydrogens (tertiary/aromatic N) is 3. The first-order chi connectivity index (χ1) is 14.2. The summed E-state index contributed by atoms with van der Waals surface area (Å²) in [7, 11) is 0. The van der Waals surface area contributed by atoms with Crippen molar-refractivity contribution in [3.8, 4) is 17.1 Å². The van der Waals surface area contributed by atoms with Gasteiger partial charge in [0.15, 0.2) is 0 Å². The quantitative estimate of drug-likeness (QED) is 0.645. The molecule has 0 radical (unpaired) electrons. The van der Waals surface area contributed by atoms with Crippen molar-refractivity contribution in [3.05, 3.63) is 59.2 Å². The molecule has 156 valence electrons. The number of ether oxygens (including phenoxy) is 1. The van der Waals surface area contributed by atoms with Gasteiger partial charge in [0.2, 0.25) is 17.6 Å². The molecule has 2 aromatic heterocycles. The topological polar surface area (TPSA) is 104 Å². The first-order valence-electron chi connectivity index (χ1n) is 9.21. The number of primary amides is 1. The van der Waals surface area contributed by atoms with E-state index in [1.165, 1.54) is 19.1 Å². The highest BCUT2D eigenvalue weighted by Crippen LogP contribution is 2.40. The molecule has 30 heavy (non-hydrogen) atoms. The van der Waals surface area contributed by atoms with Crippen LogP contribution in [-0.4, -0.2) is 27.4 Å². The average Bonchev–Trinajstić information content (AvgIpc) is 3.42. The van der Waals surface area contributed by atoms with Crippen molar-refractivity contribution < 1.29 is 27.2 Å². The van der Waals surface area contributed by atoms with Crippen LogP contribution in [0.4, 0.5) is 13.2 Å². The summed E-state index contributed by atoms with van der Waals surface area (Å²) < 4.78 is 48.0. The van der Waals surface area contributed by atoms with E-state index in [4.69, 9.17) is 10.3 Å². The number of carbonyl (C=O) groups is 1. The van der Waals surface area contributed by atoms with Crippen molar-refractivity contribution in [2.45, 2.75) is 38.0 Å². The van der Waals surface area contributed by atoms with Gasteiger partial charge in [-0.15, -0.1) is 13.2 Å². The number of amides is 1. The van der Waals surface area contributed by atoms with Crippen LogP contribution in [0.5, 0.6) is 5.75 Å². The van der Waals surface area contributed by atoms with Crippen molar-refractivity contribution in [1.29, 1.82) is 0 Å². The lowest BCUT2D eigenvalue weighted by Gasteiger charge is -2.18. The third-order valence-electron chi connectivity index (χ3n) is 4.84. The van der Waals surface area contributed by atoms with Crippen LogP contribution in [0.3, 0.4) is 0 Å². The number of halogens is 3. The normalized spacial score (nSPS) is 15.1. The first kappa shape index (κ1) is 19.9. The monoisotopic (exact) mass is 418 g/mol. The maximum atomic E-state index is 12.9. The number of hydrogen-bond donors (Lipinski definition) is 1. The molecule has 0 saturated heterocycles. The highest BCUT2D eigenvalue weighted by atomic mass is 19.4. The van der Waals surface area contributed by atoms with Crippen LogP contribution in [0.15, 0.2) is 41.1 Å². The van der Waals surface area contributed by atoms with Gasteiger partial charge in [-0.05, 0) is 44.0 Å². The van der Waals surface area contributed by atoms with E-state index in [2.05, 4.69) is 19.9 Å². The van der Waals surface area contributed by atoms with Gasteiger partial charge in [0.25, 0.3) is 0 Å². The Kier molecular flexibility index (Phi) is 4.92. The molecule has 2 heterocycles. The number of rotatable bonds is 6. The van der Waals surface area contributed by atoms with E-state index in [0.29, 0.717) is 11.5 Å². The van der Waals surface area contributed by atoms with E-state index in [-0.39, 0.29) is 22.8 Å². The molecule has 1 aliphatic rings. The Bertz CT molecular complexity index is 1090. The number of alkyl halides is 3. The summed E-state index contributed by atoms with van der Waals surface area (Å²) in [5.74, 6) is -1.60. The second kappa shape index (κ2) is 7.43. The Morgan fingerprint density at radius 3 is 2.73 bits per heavy atom. The van der Waals surface area contributed by atoms with E-state index in [1.54, 1.807) is 12.3 Å². The molecule has 3 aromatic rings. The van der Waals surface area contributed by atoms with Gasteiger partial charge in [-0.1, -0.05) is 11.2 Å². The van der Waals surface area contributed by atoms with Crippen LogP contribution in [0.25, 0.3) is 11.4 Å². The molecular formula is C20H17F3N4O3. The van der Waals surface area contributed by atoms with Crippen molar-refractivity contribution in [3.63, 3.8) is 0 Å². The molecule has 1 aliphatic carbocycles. The zero-order chi connectivity index (χ0) is 21.5. The molecule has 0 aliphatic heterocycles. The summed E-state index contributed by atoms with van der Waals surface area (Å²) in [5.41, 5.74) is 6.78. The lowest BCUT2D eigenvalue weighted by atomic mass is 9.94. The van der Waals surface area contributed by atoms with E-state index < -0.39 is 23.9 Å². The number of carbonyl (C=O) groups excluding carboxylic acids is 1. The number of nitrogens with two attached hydrogens (primary N) is 1. The summed E-state index contributed by atoms with van der Waals surface area (Å²) in [6, 6.07) is 7.27. The number of aromatic nitrogens is 3. The van der Waals surface area contributed by atoms with Crippen molar-refractivity contribution >= 4 is 5.91 Å². The number of hydrogen-bond acceptors (Lipinski definition) is 6. The summed E-state index contributed by atoms with van der Waals surface area (Å²) in [6.45, 7) is 1.53. The SMILES string of the molecule is CC(c1nc(-c2ccnc(C3CC3)c2)no1)c1c(OC(F)(F)F)cccc1C(N)=O. The molecule has 10 heteroatoms. The minimum absolute atomic E-state index is 0.0236. The first-order valence-corrected chi connectivity index (χ1v) is 9.21. The minimum Gasteiger partial charge on any atom is -0.405 e. The van der Waals surface area contributed by atoms with Crippen LogP contribution in [0.2, 0.25) is 0 Å². The fraction of sp³-hybridized carbons (Fsp3) is 0.300. The molecule has 1 fully saturated rings. The standard InChI is InChI=1S/C20H17F3N4O3/c1-10(16-13(17(24)28)3-2-4-15(16)29-20(21,22)23)19-26-18(27-30-19)12-7-8-25-14(9-12)11-5-6-11/h2-4,7-11H,5-6H2,1H3,(H2,24,28). The number of benzene rings is 1. The van der Waals surface area contributed by atoms with Crippen LogP contribution in [0, 0.1) is 0 Å². The second-order valence-corrected chi connectivity index (χ2v) is 7.05. The predicted octanol–water partition coefficient (Wildman–Crippen LogP) is 4.16. The molecule has 2 N–H and O–H groups in total. The summed E-state index contributed by atoms with van der Waals surface area (Å²) >= 11 is 0. The molecule has 1 atom stereocenters. The van der Waals surface area contributed by atoms with Gasteiger partial charge in [-0.25, -0.2) is 0 Å². The second-order valence-electron chi connectivity index (χ2n) is 7.05. The zero-order valence-electron chi connectivity index (χ0n) is 15.8. The summed E-state index contributed by atoms with van der Waals surface area (Å²) in [6.07, 6.45) is -1.13. The summed E-state index contributed by atoms with van der Waals surface area (Å²) in [5, 5.41) is 3.94. The van der Waals surface area contributed by atoms with Gasteiger partial charge < -0.3 is 15.0 Å². The minimum atomic E-state index is -4.94. The Morgan fingerprint density at radius 2 is 2.07 bits per heavy atom. The lowest BCUT2D eigenvalue weighted by molar-refractivity contribution is -0.275. The van der Waals surface area contributed by atoms with E-state index in [1.807, 2.05) is 6.07 Å². The molecule has 1 aromatic carbocycles. The smallest absolute Gasteiger partial charge is 0.405 e. The van der Waals surface area contributed by atoms with E-state index in [0.717, 1.165) is 24.6 Å². The van der Waals surface area contributed by atoms with Crippen LogP contribution in [0.1, 0.15) is 59.1 Å². The molecule has 1 saturated carbocycles. The van der Waals surface area contributed by atoms with Gasteiger partial charge in [-0.3, -0.25) is 9.78 Å². The van der Waals surface area contributed by atoms with Gasteiger partial charge >= 0.3 is 6.36 Å². The molecule has 0 spiro atoms. The Morgan fingerprint density at radius 1 is 1.30 bits per heavy atom. The average molecular weight is 418 g/mol. The van der Waals surface area contributed by atoms with Crippen molar-refractivity contribution in [1.82, 2.24) is 15.1 Å². The number of pyridine rings is 1. The van der Waals surface area contributed by atoms with Gasteiger partial charge in [0.1, 0.15) is 5.75 Å². The molecule has 4 rings (SSSR count). The molecule has 7 nitrogen and oxygen atoms in total. The van der Waals surface area contributed by atoms with Crippen LogP contribution >= 0.6 is 0 Å². The maximum Gasteiger partial charge on any atom is 0.573 e. The van der Waals surface area contributed by atoms with Gasteiger partial charge in [0.05, 0.1) is 5.92 Å². The Hall–Kier alpha value is -3.43. The van der Waals surface area contributed by atoms with Crippen molar-refractivity contribution in [2.75, 3.05) is 0 Å². The van der Waals surface area contributed by atoms with E-state index in [9.17, 15) is 18.0 Å². The van der Waals surface area contributed by atoms with Crippen LogP contribution in [-0.2, 0) is 0 Å². The predicted molar refractivity (Wildman–Crippen MR) is 98.7 cm³/mol. The third-order valence-corrected chi connectivity index (χ3v) is 4.84. The third kappa shape index (κ3) is 4.12. The molecular weight excluding hydrogens is 401 g/mol. The fourth-order valence-electron chi connectivity index (χ4n) is 3.26. The largest absolute Gasteiger partial charge is 0.573 e. The lowest BCUT2D eigenvalue weighted by Crippen LogP contribution is -2.21. The van der Waals surface area contributed by atoms with Gasteiger partial charge in [-0.2, -0.15) is 4.98 Å². The Labute approximate surface area is 169 Å². The van der Waals surface area contributed by atoms with Gasteiger partial charge in [0, 0.05) is 34.5 Å². The highest BCUT2D eigenvalue weighted by Gasteiger charge is 2.35. The fourth-order valence-corrected chi connectivity index (χ4v) is 3.26. The van der Waals surface area contributed by atoms with Crippen LogP contribution < -0.4 is 10.5 Å². The molecule has 1 unspecified atom stereocenters. The van der Waals surface area contributed by atoms with E-state index >= 15 is 0 Å². The summed E-state index contributed by atoms with van der Waals surface area (Å²) in [4.78, 5) is 20.5. The maximum absolute atomic E-state index is 12.9. The Balaban J connectivity index is 1.71. The molecule has 0 bridgehead atoms. The molecule has 1 amide bonds. The van der Waals surface area contributed by atoms with Crippen molar-refractivity contribution in [2.24, 2.45) is 5.73 Å². The zero-order valence-corrected chi connectivity index (χ0v) is 15.8.